The molecule has 1 aliphatic rings. The van der Waals surface area contributed by atoms with Crippen molar-refractivity contribution in [1.29, 1.82) is 0 Å². The van der Waals surface area contributed by atoms with Gasteiger partial charge in [-0.2, -0.15) is 4.99 Å². The predicted octanol–water partition coefficient (Wildman–Crippen LogP) is 2.94. The molecule has 6 nitrogen and oxygen atoms in total. The first kappa shape index (κ1) is 15.5. The first-order valence-electron chi connectivity index (χ1n) is 5.30. The molecule has 0 amide bonds. The van der Waals surface area contributed by atoms with Crippen molar-refractivity contribution in [2.45, 2.75) is 0 Å². The molecule has 0 aromatic heterocycles. The second-order valence-electron chi connectivity index (χ2n) is 3.35. The summed E-state index contributed by atoms with van der Waals surface area (Å²) in [5.41, 5.74) is 5.57. The smallest absolute Gasteiger partial charge is 0.335 e. The lowest BCUT2D eigenvalue weighted by Gasteiger charge is -2.11. The van der Waals surface area contributed by atoms with Crippen LogP contribution >= 0.6 is 34.8 Å². The minimum absolute atomic E-state index is 0.0120. The number of aliphatic imine (C=N–C) groups is 1. The van der Waals surface area contributed by atoms with Crippen molar-refractivity contribution in [1.82, 2.24) is 0 Å². The van der Waals surface area contributed by atoms with Crippen molar-refractivity contribution in [3.8, 4) is 5.75 Å². The molecule has 0 fully saturated rings. The van der Waals surface area contributed by atoms with Crippen LogP contribution in [-0.4, -0.2) is 24.5 Å². The molecule has 0 spiro atoms. The molecule has 1 unspecified atom stereocenters. The van der Waals surface area contributed by atoms with E-state index in [-0.39, 0.29) is 12.0 Å². The Morgan fingerprint density at radius 2 is 2.10 bits per heavy atom. The number of nitrogens with zero attached hydrogens (tertiary/aromatic N) is 3. The molecule has 1 aromatic carbocycles. The zero-order valence-electron chi connectivity index (χ0n) is 9.92. The molecule has 0 saturated heterocycles. The van der Waals surface area contributed by atoms with Crippen LogP contribution in [-0.2, 0) is 15.3 Å². The van der Waals surface area contributed by atoms with Gasteiger partial charge < -0.3 is 10.5 Å². The van der Waals surface area contributed by atoms with Crippen LogP contribution in [0.4, 0.5) is 0 Å². The fourth-order valence-electron chi connectivity index (χ4n) is 1.16. The Balaban J connectivity index is 2.16. The van der Waals surface area contributed by atoms with E-state index in [1.165, 1.54) is 0 Å². The second kappa shape index (κ2) is 7.24. The van der Waals surface area contributed by atoms with Crippen LogP contribution in [0.3, 0.4) is 0 Å². The maximum atomic E-state index is 5.99. The van der Waals surface area contributed by atoms with Gasteiger partial charge in [0.15, 0.2) is 11.2 Å². The Morgan fingerprint density at radius 3 is 2.80 bits per heavy atom. The number of guanidine groups is 1. The van der Waals surface area contributed by atoms with E-state index in [2.05, 4.69) is 13.8 Å². The van der Waals surface area contributed by atoms with Gasteiger partial charge in [0.2, 0.25) is 5.96 Å². The van der Waals surface area contributed by atoms with Crippen molar-refractivity contribution in [3.05, 3.63) is 28.2 Å². The highest BCUT2D eigenvalue weighted by atomic mass is 35.5. The van der Waals surface area contributed by atoms with Crippen molar-refractivity contribution in [3.63, 3.8) is 0 Å². The Kier molecular flexibility index (Phi) is 5.62. The van der Waals surface area contributed by atoms with E-state index in [1.807, 2.05) is 0 Å². The quantitative estimate of drug-likeness (QED) is 0.843. The van der Waals surface area contributed by atoms with Gasteiger partial charge in [-0.1, -0.05) is 23.2 Å². The Hall–Kier alpha value is -0.860. The largest absolute Gasteiger partial charge is 0.422 e. The number of alkyl halides is 1. The number of ether oxygens (including phenoxy) is 1. The number of hydrogen-bond acceptors (Lipinski definition) is 6. The van der Waals surface area contributed by atoms with Gasteiger partial charge in [0.25, 0.3) is 0 Å². The highest BCUT2D eigenvalue weighted by Crippen LogP contribution is 2.28. The molecule has 1 aliphatic heterocycles. The summed E-state index contributed by atoms with van der Waals surface area (Å²) in [6.07, 6.45) is 0. The van der Waals surface area contributed by atoms with Gasteiger partial charge in [-0.25, -0.2) is 0 Å². The Morgan fingerprint density at radius 1 is 1.30 bits per heavy atom. The van der Waals surface area contributed by atoms with Gasteiger partial charge in [0, 0.05) is 10.9 Å². The van der Waals surface area contributed by atoms with Gasteiger partial charge in [0.1, 0.15) is 5.75 Å². The lowest BCUT2D eigenvalue weighted by atomic mass is 10.3. The van der Waals surface area contributed by atoms with Crippen molar-refractivity contribution in [2.24, 2.45) is 19.5 Å². The number of rotatable bonds is 4. The van der Waals surface area contributed by atoms with Gasteiger partial charge in [-0.05, 0) is 18.2 Å². The third-order valence-corrected chi connectivity index (χ3v) is 3.62. The molecule has 0 saturated carbocycles. The maximum Gasteiger partial charge on any atom is 0.335 e. The summed E-state index contributed by atoms with van der Waals surface area (Å²) in [7, 11) is 0. The van der Waals surface area contributed by atoms with Gasteiger partial charge >= 0.3 is 6.02 Å². The SMILES string of the molecule is NC1=NC(Oc2ccc(Cl)cc2Cl)=NS(OCCCl)=N1. The van der Waals surface area contributed by atoms with E-state index in [1.54, 1.807) is 18.2 Å². The predicted molar refractivity (Wildman–Crippen MR) is 82.6 cm³/mol. The molecule has 2 N–H and O–H groups in total. The number of halogens is 3. The Labute approximate surface area is 133 Å². The van der Waals surface area contributed by atoms with E-state index in [0.717, 1.165) is 0 Å². The van der Waals surface area contributed by atoms with Crippen LogP contribution < -0.4 is 10.5 Å². The summed E-state index contributed by atoms with van der Waals surface area (Å²) in [6.45, 7) is 0.292. The molecule has 108 valence electrons. The van der Waals surface area contributed by atoms with E-state index in [4.69, 9.17) is 49.5 Å². The number of hydrogen-bond donors (Lipinski definition) is 1. The van der Waals surface area contributed by atoms with Crippen LogP contribution in [0.1, 0.15) is 0 Å². The molecule has 2 rings (SSSR count). The summed E-state index contributed by atoms with van der Waals surface area (Å²) >= 11 is 16.2. The van der Waals surface area contributed by atoms with Crippen LogP contribution in [0.2, 0.25) is 10.0 Å². The van der Waals surface area contributed by atoms with Gasteiger partial charge in [0.05, 0.1) is 11.6 Å². The highest BCUT2D eigenvalue weighted by Gasteiger charge is 2.13. The summed E-state index contributed by atoms with van der Waals surface area (Å²) in [5.74, 6) is 0.692. The zero-order valence-corrected chi connectivity index (χ0v) is 13.0. The van der Waals surface area contributed by atoms with E-state index >= 15 is 0 Å². The number of nitrogens with two attached hydrogens (primary N) is 1. The molecular weight excluding hydrogens is 347 g/mol. The van der Waals surface area contributed by atoms with Gasteiger partial charge in [-0.15, -0.1) is 20.4 Å². The summed E-state index contributed by atoms with van der Waals surface area (Å²) < 4.78 is 18.7. The Bertz CT molecular complexity index is 606. The highest BCUT2D eigenvalue weighted by molar-refractivity contribution is 7.81. The minimum atomic E-state index is -1.11. The third-order valence-electron chi connectivity index (χ3n) is 1.90. The lowest BCUT2D eigenvalue weighted by molar-refractivity contribution is 0.395. The average molecular weight is 356 g/mol. The first-order chi connectivity index (χ1) is 9.58. The summed E-state index contributed by atoms with van der Waals surface area (Å²) in [5, 5.41) is 0.828. The molecule has 0 aliphatic carbocycles. The fraction of sp³-hybridized carbons (Fsp3) is 0.200. The molecule has 0 radical (unpaired) electrons. The standard InChI is InChI=1S/C10H9Cl3N4O2S/c11-3-4-18-20-16-9(14)15-10(17-20)19-8-2-1-6(12)5-7(8)13/h1-2,5H,3-4H2,(H2,14,15,16,17). The molecular formula is C10H9Cl3N4O2S. The summed E-state index contributed by atoms with van der Waals surface area (Å²) in [4.78, 5) is 3.86. The van der Waals surface area contributed by atoms with E-state index in [9.17, 15) is 0 Å². The van der Waals surface area contributed by atoms with Crippen LogP contribution in [0.5, 0.6) is 5.75 Å². The van der Waals surface area contributed by atoms with Crippen LogP contribution in [0.15, 0.2) is 32.0 Å². The molecule has 0 bridgehead atoms. The molecule has 1 heterocycles. The normalized spacial score (nSPS) is 18.1. The number of amidine groups is 1. The van der Waals surface area contributed by atoms with Gasteiger partial charge in [-0.3, -0.25) is 4.18 Å². The maximum absolute atomic E-state index is 5.99. The lowest BCUT2D eigenvalue weighted by Crippen LogP contribution is -2.21. The number of benzene rings is 1. The summed E-state index contributed by atoms with van der Waals surface area (Å²) in [6, 6.07) is 4.79. The zero-order chi connectivity index (χ0) is 14.5. The van der Waals surface area contributed by atoms with Crippen molar-refractivity contribution in [2.75, 3.05) is 12.5 Å². The molecule has 20 heavy (non-hydrogen) atoms. The molecule has 1 atom stereocenters. The van der Waals surface area contributed by atoms with Crippen molar-refractivity contribution >= 4 is 57.9 Å². The average Bonchev–Trinajstić information content (AvgIpc) is 2.39. The minimum Gasteiger partial charge on any atom is -0.422 e. The third kappa shape index (κ3) is 4.32. The first-order valence-corrected chi connectivity index (χ1v) is 7.65. The van der Waals surface area contributed by atoms with E-state index in [0.29, 0.717) is 28.3 Å². The second-order valence-corrected chi connectivity index (χ2v) is 5.64. The van der Waals surface area contributed by atoms with Crippen molar-refractivity contribution < 1.29 is 8.92 Å². The topological polar surface area (TPSA) is 81.6 Å². The van der Waals surface area contributed by atoms with Crippen LogP contribution in [0, 0.1) is 0 Å². The molecule has 10 heteroatoms. The van der Waals surface area contributed by atoms with E-state index < -0.39 is 11.2 Å². The van der Waals surface area contributed by atoms with Crippen LogP contribution in [0.25, 0.3) is 0 Å². The molecule has 1 aromatic rings. The fourth-order valence-corrected chi connectivity index (χ4v) is 2.57. The monoisotopic (exact) mass is 354 g/mol.